The second-order valence-electron chi connectivity index (χ2n) is 11.3. The van der Waals surface area contributed by atoms with Gasteiger partial charge >= 0.3 is 5.97 Å². The summed E-state index contributed by atoms with van der Waals surface area (Å²) in [6.07, 6.45) is 10.2. The highest BCUT2D eigenvalue weighted by Gasteiger charge is 2.31. The summed E-state index contributed by atoms with van der Waals surface area (Å²) in [5.41, 5.74) is 6.95. The summed E-state index contributed by atoms with van der Waals surface area (Å²) in [6.45, 7) is 5.37. The summed E-state index contributed by atoms with van der Waals surface area (Å²) < 4.78 is 2.46. The smallest absolute Gasteiger partial charge is 0.335 e. The van der Waals surface area contributed by atoms with Crippen molar-refractivity contribution in [1.29, 1.82) is 0 Å². The molecule has 1 saturated carbocycles. The van der Waals surface area contributed by atoms with Gasteiger partial charge in [-0.1, -0.05) is 43.5 Å². The third kappa shape index (κ3) is 4.32. The van der Waals surface area contributed by atoms with Crippen molar-refractivity contribution < 1.29 is 9.90 Å². The van der Waals surface area contributed by atoms with Crippen LogP contribution in [0.2, 0.25) is 0 Å². The van der Waals surface area contributed by atoms with Gasteiger partial charge in [0.1, 0.15) is 0 Å². The Labute approximate surface area is 214 Å². The molecule has 3 aromatic rings. The van der Waals surface area contributed by atoms with Crippen molar-refractivity contribution in [2.24, 2.45) is 5.92 Å². The third-order valence-corrected chi connectivity index (χ3v) is 8.99. The fourth-order valence-electron chi connectivity index (χ4n) is 7.21. The number of aromatic carboxylic acids is 1. The lowest BCUT2D eigenvalue weighted by molar-refractivity contribution is 0.0697. The van der Waals surface area contributed by atoms with Crippen LogP contribution >= 0.6 is 0 Å². The number of carboxylic acid groups (broad SMARTS) is 1. The Kier molecular flexibility index (Phi) is 6.51. The van der Waals surface area contributed by atoms with Crippen molar-refractivity contribution in [3.8, 4) is 11.3 Å². The molecule has 1 saturated heterocycles. The fraction of sp³-hybridized carbons (Fsp3) is 0.516. The normalized spacial score (nSPS) is 21.2. The Bertz CT molecular complexity index is 1260. The molecule has 1 N–H and O–H groups in total. The second-order valence-corrected chi connectivity index (χ2v) is 11.3. The van der Waals surface area contributed by atoms with E-state index in [1.165, 1.54) is 92.4 Å². The molecule has 0 amide bonds. The number of likely N-dealkylation sites (tertiary alicyclic amines) is 1. The molecule has 2 aromatic carbocycles. The standard InChI is InChI=1S/C31H39N3O2/c1-32-16-7-8-22(21-32)15-17-33-18-19-34-28-20-24(31(35)36)13-14-25(28)29(23-9-3-2-4-10-23)30(34)26-11-5-6-12-27(26)33/h5-6,11-14,20,22-23H,2-4,7-10,15-19,21H2,1H3,(H,35,36). The first-order chi connectivity index (χ1) is 17.6. The van der Waals surface area contributed by atoms with E-state index in [1.54, 1.807) is 6.07 Å². The van der Waals surface area contributed by atoms with Gasteiger partial charge in [-0.2, -0.15) is 0 Å². The highest BCUT2D eigenvalue weighted by Crippen LogP contribution is 2.47. The maximum atomic E-state index is 11.9. The predicted octanol–water partition coefficient (Wildman–Crippen LogP) is 6.61. The van der Waals surface area contributed by atoms with Crippen LogP contribution in [-0.2, 0) is 6.54 Å². The minimum Gasteiger partial charge on any atom is -0.478 e. The zero-order valence-corrected chi connectivity index (χ0v) is 21.6. The first kappa shape index (κ1) is 23.6. The van der Waals surface area contributed by atoms with E-state index in [9.17, 15) is 9.90 Å². The van der Waals surface area contributed by atoms with Gasteiger partial charge in [0, 0.05) is 48.3 Å². The molecule has 6 rings (SSSR count). The molecule has 0 bridgehead atoms. The van der Waals surface area contributed by atoms with Gasteiger partial charge in [-0.3, -0.25) is 0 Å². The quantitative estimate of drug-likeness (QED) is 0.442. The Morgan fingerprint density at radius 1 is 0.972 bits per heavy atom. The Morgan fingerprint density at radius 2 is 1.81 bits per heavy atom. The fourth-order valence-corrected chi connectivity index (χ4v) is 7.21. The van der Waals surface area contributed by atoms with Crippen LogP contribution in [0.1, 0.15) is 73.2 Å². The number of rotatable bonds is 5. The topological polar surface area (TPSA) is 48.7 Å². The summed E-state index contributed by atoms with van der Waals surface area (Å²) >= 11 is 0. The predicted molar refractivity (Wildman–Crippen MR) is 147 cm³/mol. The number of piperidine rings is 1. The number of carboxylic acids is 1. The van der Waals surface area contributed by atoms with E-state index in [0.717, 1.165) is 31.1 Å². The van der Waals surface area contributed by atoms with Crippen LogP contribution in [0.4, 0.5) is 5.69 Å². The van der Waals surface area contributed by atoms with Crippen LogP contribution in [0.3, 0.4) is 0 Å². The summed E-state index contributed by atoms with van der Waals surface area (Å²) in [6, 6.07) is 14.8. The third-order valence-electron chi connectivity index (χ3n) is 8.99. The SMILES string of the molecule is CN1CCCC(CCN2CCn3c(c(C4CCCCC4)c4ccc(C(=O)O)cc43)-c3ccccc32)C1. The molecule has 5 heteroatoms. The highest BCUT2D eigenvalue weighted by molar-refractivity contribution is 5.99. The van der Waals surface area contributed by atoms with Crippen molar-refractivity contribution in [1.82, 2.24) is 9.47 Å². The molecule has 1 atom stereocenters. The molecule has 0 radical (unpaired) electrons. The van der Waals surface area contributed by atoms with E-state index in [-0.39, 0.29) is 0 Å². The first-order valence-electron chi connectivity index (χ1n) is 14.0. The van der Waals surface area contributed by atoms with Crippen LogP contribution in [0.5, 0.6) is 0 Å². The number of hydrogen-bond acceptors (Lipinski definition) is 3. The Hall–Kier alpha value is -2.79. The Balaban J connectivity index is 1.44. The molecule has 2 aliphatic heterocycles. The van der Waals surface area contributed by atoms with Crippen LogP contribution in [0, 0.1) is 5.92 Å². The van der Waals surface area contributed by atoms with E-state index >= 15 is 0 Å². The average Bonchev–Trinajstić information content (AvgIpc) is 3.13. The van der Waals surface area contributed by atoms with Gasteiger partial charge in [-0.25, -0.2) is 4.79 Å². The number of aromatic nitrogens is 1. The van der Waals surface area contributed by atoms with Gasteiger partial charge in [0.15, 0.2) is 0 Å². The largest absolute Gasteiger partial charge is 0.478 e. The lowest BCUT2D eigenvalue weighted by atomic mass is 9.81. The number of carbonyl (C=O) groups is 1. The number of benzene rings is 2. The lowest BCUT2D eigenvalue weighted by Crippen LogP contribution is -2.35. The zero-order valence-electron chi connectivity index (χ0n) is 21.6. The average molecular weight is 486 g/mol. The molecule has 36 heavy (non-hydrogen) atoms. The molecular weight excluding hydrogens is 446 g/mol. The second kappa shape index (κ2) is 9.93. The van der Waals surface area contributed by atoms with Gasteiger partial charge in [-0.15, -0.1) is 0 Å². The zero-order chi connectivity index (χ0) is 24.6. The Morgan fingerprint density at radius 3 is 2.61 bits per heavy atom. The van der Waals surface area contributed by atoms with E-state index in [1.807, 2.05) is 6.07 Å². The molecule has 0 spiro atoms. The van der Waals surface area contributed by atoms with Crippen molar-refractivity contribution in [2.45, 2.75) is 63.8 Å². The highest BCUT2D eigenvalue weighted by atomic mass is 16.4. The van der Waals surface area contributed by atoms with Crippen molar-refractivity contribution in [3.63, 3.8) is 0 Å². The minimum absolute atomic E-state index is 0.383. The monoisotopic (exact) mass is 485 g/mol. The summed E-state index contributed by atoms with van der Waals surface area (Å²) in [4.78, 5) is 17.0. The molecule has 3 heterocycles. The van der Waals surface area contributed by atoms with E-state index in [4.69, 9.17) is 0 Å². The van der Waals surface area contributed by atoms with Crippen molar-refractivity contribution >= 4 is 22.6 Å². The number of para-hydroxylation sites is 1. The summed E-state index contributed by atoms with van der Waals surface area (Å²) in [7, 11) is 2.25. The summed E-state index contributed by atoms with van der Waals surface area (Å²) in [5, 5.41) is 11.0. The van der Waals surface area contributed by atoms with Gasteiger partial charge in [0.25, 0.3) is 0 Å². The molecular formula is C31H39N3O2. The van der Waals surface area contributed by atoms with Crippen molar-refractivity contribution in [3.05, 3.63) is 53.6 Å². The van der Waals surface area contributed by atoms with Gasteiger partial charge in [-0.05, 0) is 81.3 Å². The number of hydrogen-bond donors (Lipinski definition) is 1. The molecule has 1 aliphatic carbocycles. The maximum Gasteiger partial charge on any atom is 0.335 e. The van der Waals surface area contributed by atoms with Crippen molar-refractivity contribution in [2.75, 3.05) is 38.1 Å². The van der Waals surface area contributed by atoms with E-state index in [2.05, 4.69) is 51.7 Å². The molecule has 2 fully saturated rings. The van der Waals surface area contributed by atoms with Crippen LogP contribution in [0.15, 0.2) is 42.5 Å². The summed E-state index contributed by atoms with van der Waals surface area (Å²) in [5.74, 6) is 0.472. The number of fused-ring (bicyclic) bond motifs is 5. The van der Waals surface area contributed by atoms with E-state index < -0.39 is 5.97 Å². The van der Waals surface area contributed by atoms with Gasteiger partial charge < -0.3 is 19.5 Å². The first-order valence-corrected chi connectivity index (χ1v) is 14.0. The van der Waals surface area contributed by atoms with E-state index in [0.29, 0.717) is 11.5 Å². The van der Waals surface area contributed by atoms with Crippen LogP contribution in [-0.4, -0.2) is 53.8 Å². The molecule has 5 nitrogen and oxygen atoms in total. The number of nitrogens with zero attached hydrogens (tertiary/aromatic N) is 3. The van der Waals surface area contributed by atoms with Crippen LogP contribution < -0.4 is 4.90 Å². The molecule has 3 aliphatic rings. The molecule has 1 unspecified atom stereocenters. The van der Waals surface area contributed by atoms with Gasteiger partial charge in [0.2, 0.25) is 0 Å². The van der Waals surface area contributed by atoms with Crippen LogP contribution in [0.25, 0.3) is 22.2 Å². The number of anilines is 1. The minimum atomic E-state index is -0.847. The maximum absolute atomic E-state index is 11.9. The van der Waals surface area contributed by atoms with Gasteiger partial charge in [0.05, 0.1) is 11.3 Å². The lowest BCUT2D eigenvalue weighted by Gasteiger charge is -2.32. The molecule has 1 aromatic heterocycles. The molecule has 190 valence electrons.